The minimum atomic E-state index is -3.88. The van der Waals surface area contributed by atoms with Gasteiger partial charge in [0.05, 0.1) is 13.2 Å². The second-order valence-electron chi connectivity index (χ2n) is 3.91. The Labute approximate surface area is 112 Å². The number of aliphatic hydroxyl groups excluding tert-OH is 1. The van der Waals surface area contributed by atoms with Crippen LogP contribution < -0.4 is 0 Å². The number of rotatable bonds is 7. The molecule has 0 spiro atoms. The van der Waals surface area contributed by atoms with Gasteiger partial charge in [0, 0.05) is 20.2 Å². The van der Waals surface area contributed by atoms with E-state index < -0.39 is 15.8 Å². The van der Waals surface area contributed by atoms with Gasteiger partial charge in [0.2, 0.25) is 10.0 Å². The molecule has 0 aliphatic rings. The van der Waals surface area contributed by atoms with Crippen molar-refractivity contribution >= 4 is 10.0 Å². The van der Waals surface area contributed by atoms with Crippen molar-refractivity contribution < 1.29 is 22.7 Å². The normalized spacial score (nSPS) is 12.1. The van der Waals surface area contributed by atoms with Crippen LogP contribution in [0.1, 0.15) is 12.5 Å². The third-order valence-corrected chi connectivity index (χ3v) is 4.70. The first-order valence-corrected chi connectivity index (χ1v) is 7.29. The van der Waals surface area contributed by atoms with E-state index in [0.717, 1.165) is 10.4 Å². The Morgan fingerprint density at radius 3 is 2.58 bits per heavy atom. The number of benzene rings is 1. The minimum absolute atomic E-state index is 0.163. The highest BCUT2D eigenvalue weighted by Gasteiger charge is 2.26. The lowest BCUT2D eigenvalue weighted by atomic mass is 10.2. The summed E-state index contributed by atoms with van der Waals surface area (Å²) < 4.78 is 44.3. The molecule has 0 aromatic heterocycles. The molecule has 0 fully saturated rings. The Balaban J connectivity index is 3.11. The van der Waals surface area contributed by atoms with Crippen LogP contribution in [0.25, 0.3) is 0 Å². The lowest BCUT2D eigenvalue weighted by molar-refractivity contribution is 0.180. The average Bonchev–Trinajstić information content (AvgIpc) is 2.38. The molecule has 0 aliphatic heterocycles. The minimum Gasteiger partial charge on any atom is -0.392 e. The summed E-state index contributed by atoms with van der Waals surface area (Å²) in [4.78, 5) is -0.386. The Kier molecular flexibility index (Phi) is 5.86. The maximum Gasteiger partial charge on any atom is 0.246 e. The van der Waals surface area contributed by atoms with E-state index in [1.54, 1.807) is 6.92 Å². The van der Waals surface area contributed by atoms with Gasteiger partial charge < -0.3 is 9.84 Å². The number of methoxy groups -OCH3 is 1. The number of sulfonamides is 1. The zero-order valence-corrected chi connectivity index (χ0v) is 11.8. The fourth-order valence-electron chi connectivity index (χ4n) is 1.63. The van der Waals surface area contributed by atoms with Gasteiger partial charge in [-0.05, 0) is 17.7 Å². The molecule has 1 aromatic carbocycles. The summed E-state index contributed by atoms with van der Waals surface area (Å²) in [7, 11) is -2.41. The second kappa shape index (κ2) is 6.95. The van der Waals surface area contributed by atoms with Crippen molar-refractivity contribution in [2.24, 2.45) is 0 Å². The molecule has 19 heavy (non-hydrogen) atoms. The van der Waals surface area contributed by atoms with Gasteiger partial charge in [-0.2, -0.15) is 4.31 Å². The predicted molar refractivity (Wildman–Crippen MR) is 68.6 cm³/mol. The molecular weight excluding hydrogens is 273 g/mol. The summed E-state index contributed by atoms with van der Waals surface area (Å²) in [5.41, 5.74) is 0.330. The molecule has 0 saturated heterocycles. The van der Waals surface area contributed by atoms with Crippen molar-refractivity contribution in [3.05, 3.63) is 29.6 Å². The molecule has 108 valence electrons. The molecule has 5 nitrogen and oxygen atoms in total. The Morgan fingerprint density at radius 2 is 2.11 bits per heavy atom. The van der Waals surface area contributed by atoms with Crippen LogP contribution in [0.2, 0.25) is 0 Å². The third kappa shape index (κ3) is 3.73. The summed E-state index contributed by atoms with van der Waals surface area (Å²) in [6.45, 7) is 1.97. The quantitative estimate of drug-likeness (QED) is 0.813. The van der Waals surface area contributed by atoms with E-state index in [0.29, 0.717) is 5.56 Å². The van der Waals surface area contributed by atoms with E-state index in [-0.39, 0.29) is 31.2 Å². The van der Waals surface area contributed by atoms with E-state index >= 15 is 0 Å². The maximum atomic E-state index is 13.8. The van der Waals surface area contributed by atoms with Crippen LogP contribution in [0.5, 0.6) is 0 Å². The van der Waals surface area contributed by atoms with Gasteiger partial charge in [0.25, 0.3) is 0 Å². The van der Waals surface area contributed by atoms with E-state index in [1.165, 1.54) is 19.2 Å². The highest BCUT2D eigenvalue weighted by Crippen LogP contribution is 2.20. The van der Waals surface area contributed by atoms with Crippen LogP contribution in [0.3, 0.4) is 0 Å². The molecule has 1 N–H and O–H groups in total. The van der Waals surface area contributed by atoms with Crippen LogP contribution in [0.4, 0.5) is 4.39 Å². The molecule has 0 heterocycles. The molecule has 7 heteroatoms. The van der Waals surface area contributed by atoms with Crippen LogP contribution in [0.15, 0.2) is 23.1 Å². The fourth-order valence-corrected chi connectivity index (χ4v) is 3.11. The highest BCUT2D eigenvalue weighted by atomic mass is 32.2. The highest BCUT2D eigenvalue weighted by molar-refractivity contribution is 7.89. The summed E-state index contributed by atoms with van der Waals surface area (Å²) in [6.07, 6.45) is 0. The Morgan fingerprint density at radius 1 is 1.42 bits per heavy atom. The lowest BCUT2D eigenvalue weighted by Gasteiger charge is -2.20. The number of nitrogens with zero attached hydrogens (tertiary/aromatic N) is 1. The number of halogens is 1. The first-order valence-electron chi connectivity index (χ1n) is 5.85. The first-order chi connectivity index (χ1) is 8.97. The van der Waals surface area contributed by atoms with Gasteiger partial charge in [-0.1, -0.05) is 13.0 Å². The van der Waals surface area contributed by atoms with E-state index in [1.807, 2.05) is 0 Å². The fraction of sp³-hybridized carbons (Fsp3) is 0.500. The van der Waals surface area contributed by atoms with Crippen molar-refractivity contribution in [3.8, 4) is 0 Å². The SMILES string of the molecule is CCN(CCOC)S(=O)(=O)c1ccc(CO)cc1F. The molecule has 1 aromatic rings. The Bertz CT molecular complexity index is 518. The van der Waals surface area contributed by atoms with Gasteiger partial charge >= 0.3 is 0 Å². The number of hydrogen-bond donors (Lipinski definition) is 1. The average molecular weight is 291 g/mol. The third-order valence-electron chi connectivity index (χ3n) is 2.69. The summed E-state index contributed by atoms with van der Waals surface area (Å²) >= 11 is 0. The summed E-state index contributed by atoms with van der Waals surface area (Å²) in [5.74, 6) is -0.859. The van der Waals surface area contributed by atoms with Crippen molar-refractivity contribution in [2.45, 2.75) is 18.4 Å². The molecule has 0 aliphatic carbocycles. The molecule has 0 radical (unpaired) electrons. The van der Waals surface area contributed by atoms with Crippen molar-refractivity contribution in [3.63, 3.8) is 0 Å². The van der Waals surface area contributed by atoms with Crippen LogP contribution >= 0.6 is 0 Å². The summed E-state index contributed by atoms with van der Waals surface area (Å²) in [6, 6.07) is 3.59. The molecular formula is C12H18FNO4S. The number of hydrogen-bond acceptors (Lipinski definition) is 4. The molecule has 0 bridgehead atoms. The van der Waals surface area contributed by atoms with Crippen LogP contribution in [-0.4, -0.2) is 44.6 Å². The zero-order chi connectivity index (χ0) is 14.5. The zero-order valence-electron chi connectivity index (χ0n) is 11.0. The monoisotopic (exact) mass is 291 g/mol. The van der Waals surface area contributed by atoms with E-state index in [4.69, 9.17) is 9.84 Å². The maximum absolute atomic E-state index is 13.8. The van der Waals surface area contributed by atoms with Gasteiger partial charge in [-0.25, -0.2) is 12.8 Å². The lowest BCUT2D eigenvalue weighted by Crippen LogP contribution is -2.34. The van der Waals surface area contributed by atoms with Gasteiger partial charge in [0.1, 0.15) is 10.7 Å². The van der Waals surface area contributed by atoms with Gasteiger partial charge in [-0.3, -0.25) is 0 Å². The Hall–Kier alpha value is -1.02. The number of likely N-dealkylation sites (N-methyl/N-ethyl adjacent to an activating group) is 1. The second-order valence-corrected chi connectivity index (χ2v) is 5.82. The molecule has 1 rings (SSSR count). The van der Waals surface area contributed by atoms with Crippen LogP contribution in [-0.2, 0) is 21.4 Å². The van der Waals surface area contributed by atoms with Crippen molar-refractivity contribution in [1.29, 1.82) is 0 Å². The molecule has 0 unspecified atom stereocenters. The van der Waals surface area contributed by atoms with E-state index in [2.05, 4.69) is 0 Å². The first kappa shape index (κ1) is 16.0. The van der Waals surface area contributed by atoms with Gasteiger partial charge in [0.15, 0.2) is 0 Å². The van der Waals surface area contributed by atoms with Gasteiger partial charge in [-0.15, -0.1) is 0 Å². The predicted octanol–water partition coefficient (Wildman–Crippen LogP) is 0.975. The molecule has 0 saturated carbocycles. The number of aliphatic hydroxyl groups is 1. The smallest absolute Gasteiger partial charge is 0.246 e. The van der Waals surface area contributed by atoms with Crippen LogP contribution in [0, 0.1) is 5.82 Å². The standard InChI is InChI=1S/C12H18FNO4S/c1-3-14(6-7-18-2)19(16,17)12-5-4-10(9-15)8-11(12)13/h4-5,8,15H,3,6-7,9H2,1-2H3. The number of ether oxygens (including phenoxy) is 1. The molecule has 0 atom stereocenters. The topological polar surface area (TPSA) is 66.8 Å². The van der Waals surface area contributed by atoms with E-state index in [9.17, 15) is 12.8 Å². The summed E-state index contributed by atoms with van der Waals surface area (Å²) in [5, 5.41) is 8.88. The van der Waals surface area contributed by atoms with Crippen molar-refractivity contribution in [2.75, 3.05) is 26.8 Å². The van der Waals surface area contributed by atoms with Crippen molar-refractivity contribution in [1.82, 2.24) is 4.31 Å². The molecule has 0 amide bonds. The largest absolute Gasteiger partial charge is 0.392 e.